The molecule has 2 aliphatic heterocycles. The van der Waals surface area contributed by atoms with Crippen LogP contribution in [0.25, 0.3) is 11.3 Å². The van der Waals surface area contributed by atoms with Crippen LogP contribution in [-0.2, 0) is 11.8 Å². The van der Waals surface area contributed by atoms with Crippen molar-refractivity contribution in [2.75, 3.05) is 24.5 Å². The van der Waals surface area contributed by atoms with Crippen molar-refractivity contribution in [3.8, 4) is 11.3 Å². The fourth-order valence-corrected chi connectivity index (χ4v) is 4.05. The second-order valence-corrected chi connectivity index (χ2v) is 7.25. The molecule has 4 rings (SSSR count). The minimum absolute atomic E-state index is 0.0428. The number of hydrogen-bond acceptors (Lipinski definition) is 4. The average molecular weight is 369 g/mol. The standard InChI is InChI=1S/C20H24FN5O/c1-3-20(27)25-10-6-14(13-25)16-12-22-19(26-8-4-5-18(26)21)11-15(16)17-7-9-24(2)23-17/h3,7,9,11-12,14,18H,1,4-6,8,10,13H2,2H3. The monoisotopic (exact) mass is 369 g/mol. The van der Waals surface area contributed by atoms with Crippen LogP contribution in [0.2, 0.25) is 0 Å². The van der Waals surface area contributed by atoms with Crippen LogP contribution in [0.15, 0.2) is 37.2 Å². The van der Waals surface area contributed by atoms with Gasteiger partial charge in [0.25, 0.3) is 0 Å². The molecule has 2 saturated heterocycles. The van der Waals surface area contributed by atoms with E-state index < -0.39 is 6.30 Å². The molecule has 2 fully saturated rings. The molecule has 0 aromatic carbocycles. The molecule has 7 heteroatoms. The van der Waals surface area contributed by atoms with Crippen molar-refractivity contribution >= 4 is 11.7 Å². The van der Waals surface area contributed by atoms with Crippen LogP contribution in [0.4, 0.5) is 10.2 Å². The number of pyridine rings is 1. The zero-order valence-corrected chi connectivity index (χ0v) is 15.5. The van der Waals surface area contributed by atoms with Gasteiger partial charge in [-0.05, 0) is 43.0 Å². The van der Waals surface area contributed by atoms with Gasteiger partial charge in [0.1, 0.15) is 5.82 Å². The van der Waals surface area contributed by atoms with Crippen molar-refractivity contribution in [1.82, 2.24) is 19.7 Å². The number of anilines is 1. The van der Waals surface area contributed by atoms with Crippen LogP contribution in [0, 0.1) is 0 Å². The van der Waals surface area contributed by atoms with E-state index in [0.717, 1.165) is 29.7 Å². The molecule has 0 bridgehead atoms. The van der Waals surface area contributed by atoms with Crippen LogP contribution in [0.1, 0.15) is 30.7 Å². The van der Waals surface area contributed by atoms with Crippen molar-refractivity contribution in [2.24, 2.45) is 7.05 Å². The van der Waals surface area contributed by atoms with Crippen molar-refractivity contribution in [2.45, 2.75) is 31.5 Å². The molecule has 1 amide bonds. The van der Waals surface area contributed by atoms with Crippen molar-refractivity contribution in [3.05, 3.63) is 42.7 Å². The Labute approximate surface area is 158 Å². The molecule has 2 aromatic heterocycles. The summed E-state index contributed by atoms with van der Waals surface area (Å²) in [6, 6.07) is 3.91. The Morgan fingerprint density at radius 1 is 1.37 bits per heavy atom. The van der Waals surface area contributed by atoms with Crippen molar-refractivity contribution in [3.63, 3.8) is 0 Å². The summed E-state index contributed by atoms with van der Waals surface area (Å²) in [6.07, 6.45) is 6.38. The van der Waals surface area contributed by atoms with E-state index in [9.17, 15) is 9.18 Å². The van der Waals surface area contributed by atoms with Gasteiger partial charge in [0.2, 0.25) is 5.91 Å². The zero-order valence-electron chi connectivity index (χ0n) is 15.5. The molecule has 4 heterocycles. The average Bonchev–Trinajstić information content (AvgIpc) is 3.41. The molecule has 0 saturated carbocycles. The van der Waals surface area contributed by atoms with Gasteiger partial charge in [-0.25, -0.2) is 9.37 Å². The molecular weight excluding hydrogens is 345 g/mol. The number of aromatic nitrogens is 3. The maximum atomic E-state index is 14.2. The van der Waals surface area contributed by atoms with E-state index in [-0.39, 0.29) is 11.8 Å². The number of carbonyl (C=O) groups excluding carboxylic acids is 1. The Morgan fingerprint density at radius 3 is 2.89 bits per heavy atom. The van der Waals surface area contributed by atoms with E-state index in [1.165, 1.54) is 6.08 Å². The van der Waals surface area contributed by atoms with Gasteiger partial charge in [0.15, 0.2) is 6.30 Å². The predicted octanol–water partition coefficient (Wildman–Crippen LogP) is 2.88. The van der Waals surface area contributed by atoms with E-state index >= 15 is 0 Å². The van der Waals surface area contributed by atoms with Crippen LogP contribution in [-0.4, -0.2) is 51.5 Å². The van der Waals surface area contributed by atoms with E-state index in [1.807, 2.05) is 36.5 Å². The number of hydrogen-bond donors (Lipinski definition) is 0. The quantitative estimate of drug-likeness (QED) is 0.614. The van der Waals surface area contributed by atoms with Gasteiger partial charge in [0, 0.05) is 50.6 Å². The highest BCUT2D eigenvalue weighted by atomic mass is 19.1. The number of alkyl halides is 1. The molecule has 142 valence electrons. The van der Waals surface area contributed by atoms with Gasteiger partial charge in [-0.3, -0.25) is 9.48 Å². The highest BCUT2D eigenvalue weighted by Crippen LogP contribution is 2.36. The predicted molar refractivity (Wildman–Crippen MR) is 102 cm³/mol. The first kappa shape index (κ1) is 17.7. The lowest BCUT2D eigenvalue weighted by atomic mass is 9.93. The molecule has 27 heavy (non-hydrogen) atoms. The summed E-state index contributed by atoms with van der Waals surface area (Å²) >= 11 is 0. The topological polar surface area (TPSA) is 54.3 Å². The second-order valence-electron chi connectivity index (χ2n) is 7.25. The maximum Gasteiger partial charge on any atom is 0.245 e. The van der Waals surface area contributed by atoms with Crippen LogP contribution in [0.5, 0.6) is 0 Å². The number of halogens is 1. The number of amides is 1. The van der Waals surface area contributed by atoms with E-state index in [1.54, 1.807) is 9.58 Å². The van der Waals surface area contributed by atoms with Gasteiger partial charge < -0.3 is 9.80 Å². The molecule has 0 N–H and O–H groups in total. The molecule has 2 unspecified atom stereocenters. The Bertz CT molecular complexity index is 864. The molecule has 6 nitrogen and oxygen atoms in total. The van der Waals surface area contributed by atoms with Gasteiger partial charge in [-0.1, -0.05) is 6.58 Å². The summed E-state index contributed by atoms with van der Waals surface area (Å²) in [6.45, 7) is 5.60. The lowest BCUT2D eigenvalue weighted by Crippen LogP contribution is -2.27. The number of aryl methyl sites for hydroxylation is 1. The molecule has 2 aromatic rings. The largest absolute Gasteiger partial charge is 0.339 e. The van der Waals surface area contributed by atoms with Crippen molar-refractivity contribution < 1.29 is 9.18 Å². The summed E-state index contributed by atoms with van der Waals surface area (Å²) in [5.74, 6) is 0.799. The van der Waals surface area contributed by atoms with Gasteiger partial charge in [0.05, 0.1) is 5.69 Å². The van der Waals surface area contributed by atoms with E-state index in [4.69, 9.17) is 0 Å². The minimum atomic E-state index is -0.980. The Kier molecular flexibility index (Phi) is 4.68. The summed E-state index contributed by atoms with van der Waals surface area (Å²) in [7, 11) is 1.88. The minimum Gasteiger partial charge on any atom is -0.339 e. The highest BCUT2D eigenvalue weighted by molar-refractivity contribution is 5.87. The number of carbonyl (C=O) groups is 1. The first-order valence-corrected chi connectivity index (χ1v) is 9.39. The Hall–Kier alpha value is -2.70. The first-order chi connectivity index (χ1) is 13.1. The fourth-order valence-electron chi connectivity index (χ4n) is 4.05. The first-order valence-electron chi connectivity index (χ1n) is 9.39. The third-order valence-electron chi connectivity index (χ3n) is 5.50. The Morgan fingerprint density at radius 2 is 2.22 bits per heavy atom. The van der Waals surface area contributed by atoms with Crippen LogP contribution < -0.4 is 4.90 Å². The molecule has 2 atom stereocenters. The van der Waals surface area contributed by atoms with Crippen LogP contribution in [0.3, 0.4) is 0 Å². The number of rotatable bonds is 4. The summed E-state index contributed by atoms with van der Waals surface area (Å²) in [4.78, 5) is 20.0. The number of nitrogens with zero attached hydrogens (tertiary/aromatic N) is 5. The summed E-state index contributed by atoms with van der Waals surface area (Å²) < 4.78 is 16.0. The Balaban J connectivity index is 1.70. The molecule has 0 radical (unpaired) electrons. The lowest BCUT2D eigenvalue weighted by molar-refractivity contribution is -0.125. The summed E-state index contributed by atoms with van der Waals surface area (Å²) in [5.41, 5.74) is 2.88. The third kappa shape index (κ3) is 3.34. The summed E-state index contributed by atoms with van der Waals surface area (Å²) in [5, 5.41) is 4.55. The third-order valence-corrected chi connectivity index (χ3v) is 5.50. The highest BCUT2D eigenvalue weighted by Gasteiger charge is 2.30. The van der Waals surface area contributed by atoms with Crippen molar-refractivity contribution in [1.29, 1.82) is 0 Å². The zero-order chi connectivity index (χ0) is 19.0. The SMILES string of the molecule is C=CC(=O)N1CCC(c2cnc(N3CCCC3F)cc2-c2ccn(C)n2)C1. The molecule has 2 aliphatic rings. The van der Waals surface area contributed by atoms with Gasteiger partial charge in [-0.2, -0.15) is 5.10 Å². The van der Waals surface area contributed by atoms with Gasteiger partial charge in [-0.15, -0.1) is 0 Å². The smallest absolute Gasteiger partial charge is 0.245 e. The molecule has 0 aliphatic carbocycles. The fraction of sp³-hybridized carbons (Fsp3) is 0.450. The normalized spacial score (nSPS) is 22.4. The lowest BCUT2D eigenvalue weighted by Gasteiger charge is -2.22. The van der Waals surface area contributed by atoms with E-state index in [2.05, 4.69) is 16.7 Å². The number of likely N-dealkylation sites (tertiary alicyclic amines) is 1. The van der Waals surface area contributed by atoms with Crippen LogP contribution >= 0.6 is 0 Å². The molecular formula is C20H24FN5O. The maximum absolute atomic E-state index is 14.2. The van der Waals surface area contributed by atoms with E-state index in [0.29, 0.717) is 31.9 Å². The molecule has 0 spiro atoms. The van der Waals surface area contributed by atoms with Gasteiger partial charge >= 0.3 is 0 Å². The second kappa shape index (κ2) is 7.13.